The molecule has 24 heavy (non-hydrogen) atoms. The smallest absolute Gasteiger partial charge is 0.227 e. The quantitative estimate of drug-likeness (QED) is 0.796. The molecule has 0 N–H and O–H groups in total. The molecule has 130 valence electrons. The number of carbonyl (C=O) groups is 1. The van der Waals surface area contributed by atoms with Gasteiger partial charge >= 0.3 is 0 Å². The van der Waals surface area contributed by atoms with Crippen LogP contribution >= 0.6 is 0 Å². The largest absolute Gasteiger partial charge is 0.341 e. The molecule has 0 aliphatic heterocycles. The number of likely N-dealkylation sites (N-methyl/N-ethyl adjacent to an activating group) is 1. The third-order valence-electron chi connectivity index (χ3n) is 4.37. The SMILES string of the molecule is C[C@H]([C@H](C)N(C)C(=O)Cc1cnn(-c2ccccc2)c1)S(C)(=O)=O. The molecule has 7 heteroatoms. The Kier molecular flexibility index (Phi) is 5.43. The molecule has 0 unspecified atom stereocenters. The summed E-state index contributed by atoms with van der Waals surface area (Å²) in [6.45, 7) is 3.37. The predicted molar refractivity (Wildman–Crippen MR) is 93.8 cm³/mol. The minimum Gasteiger partial charge on any atom is -0.341 e. The minimum absolute atomic E-state index is 0.134. The lowest BCUT2D eigenvalue weighted by Crippen LogP contribution is -2.44. The standard InChI is InChI=1S/C17H23N3O3S/c1-13(14(2)24(4,22)23)19(3)17(21)10-15-11-18-20(12-15)16-8-6-5-7-9-16/h5-9,11-14H,10H2,1-4H3/t13-,14+/m0/s1. The van der Waals surface area contributed by atoms with Crippen molar-refractivity contribution >= 4 is 15.7 Å². The van der Waals surface area contributed by atoms with Crippen LogP contribution in [0.15, 0.2) is 42.7 Å². The first-order chi connectivity index (χ1) is 11.2. The van der Waals surface area contributed by atoms with Crippen LogP contribution in [-0.4, -0.2) is 53.6 Å². The maximum atomic E-state index is 12.4. The number of hydrogen-bond acceptors (Lipinski definition) is 4. The lowest BCUT2D eigenvalue weighted by molar-refractivity contribution is -0.130. The van der Waals surface area contributed by atoms with Crippen LogP contribution in [0.25, 0.3) is 5.69 Å². The number of hydrogen-bond donors (Lipinski definition) is 0. The molecule has 1 amide bonds. The number of rotatable bonds is 6. The van der Waals surface area contributed by atoms with Gasteiger partial charge in [-0.25, -0.2) is 13.1 Å². The molecule has 0 saturated carbocycles. The van der Waals surface area contributed by atoms with Gasteiger partial charge in [0.2, 0.25) is 5.91 Å². The highest BCUT2D eigenvalue weighted by Gasteiger charge is 2.28. The number of benzene rings is 1. The van der Waals surface area contributed by atoms with Gasteiger partial charge < -0.3 is 4.90 Å². The lowest BCUT2D eigenvalue weighted by Gasteiger charge is -2.28. The molecule has 0 aliphatic rings. The van der Waals surface area contributed by atoms with Crippen molar-refractivity contribution < 1.29 is 13.2 Å². The molecule has 0 radical (unpaired) electrons. The number of amides is 1. The van der Waals surface area contributed by atoms with Crippen molar-refractivity contribution in [3.8, 4) is 5.69 Å². The van der Waals surface area contributed by atoms with Gasteiger partial charge in [-0.15, -0.1) is 0 Å². The molecule has 0 saturated heterocycles. The average Bonchev–Trinajstić information content (AvgIpc) is 3.01. The molecule has 2 aromatic rings. The van der Waals surface area contributed by atoms with Crippen molar-refractivity contribution in [3.05, 3.63) is 48.3 Å². The Morgan fingerprint density at radius 2 is 1.88 bits per heavy atom. The van der Waals surface area contributed by atoms with E-state index in [1.807, 2.05) is 36.5 Å². The summed E-state index contributed by atoms with van der Waals surface area (Å²) in [6.07, 6.45) is 4.84. The monoisotopic (exact) mass is 349 g/mol. The summed E-state index contributed by atoms with van der Waals surface area (Å²) in [4.78, 5) is 13.9. The van der Waals surface area contributed by atoms with E-state index in [0.29, 0.717) is 0 Å². The molecule has 2 rings (SSSR count). The van der Waals surface area contributed by atoms with Gasteiger partial charge in [-0.1, -0.05) is 18.2 Å². The average molecular weight is 349 g/mol. The first-order valence-electron chi connectivity index (χ1n) is 7.73. The van der Waals surface area contributed by atoms with Crippen molar-refractivity contribution in [3.63, 3.8) is 0 Å². The second-order valence-electron chi connectivity index (χ2n) is 6.09. The van der Waals surface area contributed by atoms with Crippen molar-refractivity contribution in [2.45, 2.75) is 31.6 Å². The molecule has 0 fully saturated rings. The van der Waals surface area contributed by atoms with Crippen LogP contribution in [0.3, 0.4) is 0 Å². The van der Waals surface area contributed by atoms with Crippen LogP contribution < -0.4 is 0 Å². The second kappa shape index (κ2) is 7.17. The van der Waals surface area contributed by atoms with Gasteiger partial charge in [-0.3, -0.25) is 4.79 Å². The summed E-state index contributed by atoms with van der Waals surface area (Å²) in [7, 11) is -1.56. The molecule has 0 bridgehead atoms. The fraction of sp³-hybridized carbons (Fsp3) is 0.412. The van der Waals surface area contributed by atoms with Gasteiger partial charge in [0.15, 0.2) is 9.84 Å². The topological polar surface area (TPSA) is 72.3 Å². The zero-order valence-electron chi connectivity index (χ0n) is 14.4. The molecule has 0 aliphatic carbocycles. The van der Waals surface area contributed by atoms with Crippen LogP contribution in [0.2, 0.25) is 0 Å². The summed E-state index contributed by atoms with van der Waals surface area (Å²) >= 11 is 0. The summed E-state index contributed by atoms with van der Waals surface area (Å²) in [6, 6.07) is 9.24. The Morgan fingerprint density at radius 3 is 2.46 bits per heavy atom. The van der Waals surface area contributed by atoms with Crippen molar-refractivity contribution in [1.29, 1.82) is 0 Å². The summed E-state index contributed by atoms with van der Waals surface area (Å²) in [5.41, 5.74) is 1.71. The number of para-hydroxylation sites is 1. The highest BCUT2D eigenvalue weighted by molar-refractivity contribution is 7.91. The van der Waals surface area contributed by atoms with E-state index in [1.54, 1.807) is 31.8 Å². The maximum Gasteiger partial charge on any atom is 0.227 e. The van der Waals surface area contributed by atoms with Gasteiger partial charge in [0.05, 0.1) is 23.6 Å². The van der Waals surface area contributed by atoms with E-state index in [-0.39, 0.29) is 12.3 Å². The number of carbonyl (C=O) groups excluding carboxylic acids is 1. The summed E-state index contributed by atoms with van der Waals surface area (Å²) in [5, 5.41) is 3.66. The fourth-order valence-corrected chi connectivity index (χ4v) is 3.27. The first kappa shape index (κ1) is 18.2. The minimum atomic E-state index is -3.20. The molecule has 0 spiro atoms. The summed E-state index contributed by atoms with van der Waals surface area (Å²) < 4.78 is 25.0. The van der Waals surface area contributed by atoms with Crippen molar-refractivity contribution in [2.75, 3.05) is 13.3 Å². The number of nitrogens with zero attached hydrogens (tertiary/aromatic N) is 3. The first-order valence-corrected chi connectivity index (χ1v) is 9.69. The van der Waals surface area contributed by atoms with E-state index in [0.717, 1.165) is 11.3 Å². The molecule has 1 aromatic heterocycles. The zero-order chi connectivity index (χ0) is 17.9. The Morgan fingerprint density at radius 1 is 1.25 bits per heavy atom. The highest BCUT2D eigenvalue weighted by atomic mass is 32.2. The molecule has 6 nitrogen and oxygen atoms in total. The normalized spacial score (nSPS) is 14.2. The van der Waals surface area contributed by atoms with Gasteiger partial charge in [-0.05, 0) is 31.5 Å². The van der Waals surface area contributed by atoms with Crippen molar-refractivity contribution in [1.82, 2.24) is 14.7 Å². The third-order valence-corrected chi connectivity index (χ3v) is 6.12. The molecular formula is C17H23N3O3S. The van der Waals surface area contributed by atoms with E-state index in [9.17, 15) is 13.2 Å². The predicted octanol–water partition coefficient (Wildman–Crippen LogP) is 1.69. The number of sulfone groups is 1. The van der Waals surface area contributed by atoms with Gasteiger partial charge in [0.25, 0.3) is 0 Å². The van der Waals surface area contributed by atoms with Crippen LogP contribution in [-0.2, 0) is 21.1 Å². The third kappa shape index (κ3) is 4.23. The van der Waals surface area contributed by atoms with E-state index in [2.05, 4.69) is 5.10 Å². The Bertz CT molecular complexity index is 799. The van der Waals surface area contributed by atoms with Crippen LogP contribution in [0.5, 0.6) is 0 Å². The fourth-order valence-electron chi connectivity index (χ4n) is 2.37. The lowest BCUT2D eigenvalue weighted by atomic mass is 10.2. The molecular weight excluding hydrogens is 326 g/mol. The second-order valence-corrected chi connectivity index (χ2v) is 8.49. The summed E-state index contributed by atoms with van der Waals surface area (Å²) in [5.74, 6) is -0.134. The van der Waals surface area contributed by atoms with Gasteiger partial charge in [-0.2, -0.15) is 5.10 Å². The van der Waals surface area contributed by atoms with E-state index < -0.39 is 21.1 Å². The van der Waals surface area contributed by atoms with E-state index in [4.69, 9.17) is 0 Å². The van der Waals surface area contributed by atoms with Gasteiger partial charge in [0, 0.05) is 25.5 Å². The maximum absolute atomic E-state index is 12.4. The van der Waals surface area contributed by atoms with E-state index in [1.165, 1.54) is 11.2 Å². The zero-order valence-corrected chi connectivity index (χ0v) is 15.2. The number of aromatic nitrogens is 2. The Balaban J connectivity index is 2.06. The molecule has 2 atom stereocenters. The van der Waals surface area contributed by atoms with Crippen molar-refractivity contribution in [2.24, 2.45) is 0 Å². The van der Waals surface area contributed by atoms with E-state index >= 15 is 0 Å². The Hall–Kier alpha value is -2.15. The molecule has 1 aromatic carbocycles. The van der Waals surface area contributed by atoms with Crippen LogP contribution in [0.4, 0.5) is 0 Å². The highest BCUT2D eigenvalue weighted by Crippen LogP contribution is 2.13. The van der Waals surface area contributed by atoms with Crippen LogP contribution in [0.1, 0.15) is 19.4 Å². The van der Waals surface area contributed by atoms with Crippen LogP contribution in [0, 0.1) is 0 Å². The Labute approximate surface area is 143 Å². The van der Waals surface area contributed by atoms with Gasteiger partial charge in [0.1, 0.15) is 0 Å². The molecule has 1 heterocycles.